The fourth-order valence-corrected chi connectivity index (χ4v) is 4.87. The van der Waals surface area contributed by atoms with Crippen LogP contribution in [0.3, 0.4) is 0 Å². The average molecular weight is 396 g/mol. The Morgan fingerprint density at radius 3 is 2.45 bits per heavy atom. The molecule has 0 radical (unpaired) electrons. The molecule has 0 spiro atoms. The maximum atomic E-state index is 12.9. The third kappa shape index (κ3) is 3.85. The van der Waals surface area contributed by atoms with Gasteiger partial charge in [0.05, 0.1) is 5.92 Å². The van der Waals surface area contributed by atoms with Crippen molar-refractivity contribution < 1.29 is 4.79 Å². The molecule has 1 saturated carbocycles. The number of nitrogens with zero attached hydrogens (tertiary/aromatic N) is 7. The van der Waals surface area contributed by atoms with Gasteiger partial charge in [0.25, 0.3) is 0 Å². The summed E-state index contributed by atoms with van der Waals surface area (Å²) in [4.78, 5) is 28.4. The second kappa shape index (κ2) is 8.10. The van der Waals surface area contributed by atoms with Gasteiger partial charge in [-0.25, -0.2) is 14.6 Å². The van der Waals surface area contributed by atoms with Gasteiger partial charge in [0.2, 0.25) is 5.91 Å². The maximum Gasteiger partial charge on any atom is 0.229 e. The van der Waals surface area contributed by atoms with Gasteiger partial charge in [-0.2, -0.15) is 5.10 Å². The second-order valence-corrected chi connectivity index (χ2v) is 8.44. The predicted octanol–water partition coefficient (Wildman–Crippen LogP) is 1.58. The molecule has 1 aliphatic carbocycles. The van der Waals surface area contributed by atoms with E-state index in [1.165, 1.54) is 32.1 Å². The van der Waals surface area contributed by atoms with Crippen LogP contribution in [-0.2, 0) is 4.79 Å². The zero-order valence-corrected chi connectivity index (χ0v) is 16.9. The van der Waals surface area contributed by atoms with Crippen LogP contribution >= 0.6 is 0 Å². The molecule has 3 fully saturated rings. The van der Waals surface area contributed by atoms with Gasteiger partial charge in [-0.05, 0) is 18.9 Å². The summed E-state index contributed by atoms with van der Waals surface area (Å²) in [5, 5.41) is 4.22. The molecule has 8 nitrogen and oxygen atoms in total. The fraction of sp³-hybridized carbons (Fsp3) is 0.619. The Bertz CT molecular complexity index is 819. The third-order valence-corrected chi connectivity index (χ3v) is 6.65. The third-order valence-electron chi connectivity index (χ3n) is 6.65. The van der Waals surface area contributed by atoms with E-state index in [-0.39, 0.29) is 5.92 Å². The van der Waals surface area contributed by atoms with E-state index < -0.39 is 0 Å². The van der Waals surface area contributed by atoms with Crippen molar-refractivity contribution in [1.82, 2.24) is 29.5 Å². The number of hydrogen-bond acceptors (Lipinski definition) is 6. The normalized spacial score (nSPS) is 21.9. The Labute approximate surface area is 171 Å². The van der Waals surface area contributed by atoms with E-state index in [1.54, 1.807) is 17.2 Å². The smallest absolute Gasteiger partial charge is 0.229 e. The number of aromatic nitrogens is 4. The molecule has 2 aliphatic heterocycles. The highest BCUT2D eigenvalue weighted by atomic mass is 16.2. The van der Waals surface area contributed by atoms with Crippen LogP contribution in [0.5, 0.6) is 0 Å². The molecule has 1 amide bonds. The van der Waals surface area contributed by atoms with Crippen LogP contribution in [0.2, 0.25) is 0 Å². The molecule has 8 heteroatoms. The van der Waals surface area contributed by atoms with Crippen LogP contribution < -0.4 is 4.90 Å². The molecule has 2 aromatic heterocycles. The van der Waals surface area contributed by atoms with Crippen molar-refractivity contribution in [3.63, 3.8) is 0 Å². The molecular formula is C21H29N7O. The molecular weight excluding hydrogens is 366 g/mol. The SMILES string of the molecule is O=C(C1CN(c2cc(-n3cccn3)ncn2)C1)N1CCN(C2CCCCC2)CC1. The minimum absolute atomic E-state index is 0.0827. The lowest BCUT2D eigenvalue weighted by atomic mass is 9.93. The number of piperazine rings is 1. The van der Waals surface area contributed by atoms with Gasteiger partial charge in [0.1, 0.15) is 12.1 Å². The van der Waals surface area contributed by atoms with Crippen molar-refractivity contribution in [2.45, 2.75) is 38.1 Å². The Morgan fingerprint density at radius 2 is 1.72 bits per heavy atom. The number of carbonyl (C=O) groups is 1. The number of rotatable bonds is 4. The van der Waals surface area contributed by atoms with Gasteiger partial charge in [-0.15, -0.1) is 0 Å². The molecule has 3 aliphatic rings. The number of carbonyl (C=O) groups excluding carboxylic acids is 1. The summed E-state index contributed by atoms with van der Waals surface area (Å²) in [6, 6.07) is 4.55. The van der Waals surface area contributed by atoms with Crippen molar-refractivity contribution in [3.05, 3.63) is 30.9 Å². The first-order valence-corrected chi connectivity index (χ1v) is 10.9. The standard InChI is InChI=1S/C21H29N7O/c29-21(26-11-9-25(10-12-26)18-5-2-1-3-6-18)17-14-27(15-17)19-13-20(23-16-22-19)28-8-4-7-24-28/h4,7-8,13,16-18H,1-3,5-6,9-12,14-15H2. The zero-order valence-electron chi connectivity index (χ0n) is 16.9. The molecule has 2 aromatic rings. The average Bonchev–Trinajstić information content (AvgIpc) is 3.29. The first-order valence-electron chi connectivity index (χ1n) is 10.9. The van der Waals surface area contributed by atoms with E-state index in [2.05, 4.69) is 29.8 Å². The van der Waals surface area contributed by atoms with Crippen LogP contribution in [0.1, 0.15) is 32.1 Å². The highest BCUT2D eigenvalue weighted by Gasteiger charge is 2.37. The monoisotopic (exact) mass is 395 g/mol. The van der Waals surface area contributed by atoms with Crippen molar-refractivity contribution in [1.29, 1.82) is 0 Å². The zero-order chi connectivity index (χ0) is 19.6. The van der Waals surface area contributed by atoms with Crippen LogP contribution in [-0.4, -0.2) is 80.8 Å². The van der Waals surface area contributed by atoms with Crippen molar-refractivity contribution in [3.8, 4) is 5.82 Å². The molecule has 29 heavy (non-hydrogen) atoms. The fourth-order valence-electron chi connectivity index (χ4n) is 4.87. The van der Waals surface area contributed by atoms with Gasteiger partial charge in [0.15, 0.2) is 5.82 Å². The van der Waals surface area contributed by atoms with Crippen LogP contribution in [0, 0.1) is 5.92 Å². The van der Waals surface area contributed by atoms with Gasteiger partial charge < -0.3 is 9.80 Å². The number of amides is 1. The first kappa shape index (κ1) is 18.5. The highest BCUT2D eigenvalue weighted by molar-refractivity contribution is 5.82. The lowest BCUT2D eigenvalue weighted by Crippen LogP contribution is -2.59. The van der Waals surface area contributed by atoms with Crippen LogP contribution in [0.25, 0.3) is 5.82 Å². The van der Waals surface area contributed by atoms with E-state index in [0.29, 0.717) is 5.91 Å². The number of anilines is 1. The maximum absolute atomic E-state index is 12.9. The molecule has 0 atom stereocenters. The Kier molecular flexibility index (Phi) is 5.18. The van der Waals surface area contributed by atoms with E-state index in [4.69, 9.17) is 0 Å². The molecule has 0 bridgehead atoms. The Balaban J connectivity index is 1.13. The minimum atomic E-state index is 0.0827. The van der Waals surface area contributed by atoms with E-state index >= 15 is 0 Å². The molecule has 5 rings (SSSR count). The summed E-state index contributed by atoms with van der Waals surface area (Å²) in [5.41, 5.74) is 0. The van der Waals surface area contributed by atoms with Crippen molar-refractivity contribution in [2.75, 3.05) is 44.2 Å². The summed E-state index contributed by atoms with van der Waals surface area (Å²) in [7, 11) is 0. The lowest BCUT2D eigenvalue weighted by molar-refractivity contribution is -0.138. The summed E-state index contributed by atoms with van der Waals surface area (Å²) in [6.07, 6.45) is 12.0. The molecule has 4 heterocycles. The van der Waals surface area contributed by atoms with Gasteiger partial charge in [-0.3, -0.25) is 9.69 Å². The minimum Gasteiger partial charge on any atom is -0.355 e. The molecule has 0 unspecified atom stereocenters. The summed E-state index contributed by atoms with van der Waals surface area (Å²) >= 11 is 0. The highest BCUT2D eigenvalue weighted by Crippen LogP contribution is 2.27. The predicted molar refractivity (Wildman–Crippen MR) is 110 cm³/mol. The topological polar surface area (TPSA) is 70.4 Å². The number of hydrogen-bond donors (Lipinski definition) is 0. The Hall–Kier alpha value is -2.48. The second-order valence-electron chi connectivity index (χ2n) is 8.44. The van der Waals surface area contributed by atoms with E-state index in [1.807, 2.05) is 18.3 Å². The molecule has 2 saturated heterocycles. The summed E-state index contributed by atoms with van der Waals surface area (Å²) < 4.78 is 1.72. The molecule has 154 valence electrons. The quantitative estimate of drug-likeness (QED) is 0.783. The molecule has 0 aromatic carbocycles. The first-order chi connectivity index (χ1) is 14.3. The van der Waals surface area contributed by atoms with Crippen molar-refractivity contribution in [2.24, 2.45) is 5.92 Å². The summed E-state index contributed by atoms with van der Waals surface area (Å²) in [6.45, 7) is 5.29. The molecule has 0 N–H and O–H groups in total. The Morgan fingerprint density at radius 1 is 0.966 bits per heavy atom. The lowest BCUT2D eigenvalue weighted by Gasteiger charge is -2.45. The van der Waals surface area contributed by atoms with Gasteiger partial charge in [0, 0.05) is 63.8 Å². The summed E-state index contributed by atoms with van der Waals surface area (Å²) in [5.74, 6) is 2.00. The van der Waals surface area contributed by atoms with Crippen LogP contribution in [0.15, 0.2) is 30.9 Å². The van der Waals surface area contributed by atoms with E-state index in [9.17, 15) is 4.79 Å². The van der Waals surface area contributed by atoms with Gasteiger partial charge in [-0.1, -0.05) is 19.3 Å². The van der Waals surface area contributed by atoms with Crippen molar-refractivity contribution >= 4 is 11.7 Å². The largest absolute Gasteiger partial charge is 0.355 e. The van der Waals surface area contributed by atoms with Gasteiger partial charge >= 0.3 is 0 Å². The van der Waals surface area contributed by atoms with Crippen LogP contribution in [0.4, 0.5) is 5.82 Å². The van der Waals surface area contributed by atoms with E-state index in [0.717, 1.165) is 56.9 Å².